The molecule has 0 spiro atoms. The van der Waals surface area contributed by atoms with Gasteiger partial charge in [0.1, 0.15) is 18.0 Å². The van der Waals surface area contributed by atoms with Crippen LogP contribution in [0, 0.1) is 6.92 Å². The zero-order valence-corrected chi connectivity index (χ0v) is 13.5. The molecular weight excluding hydrogens is 308 g/mol. The van der Waals surface area contributed by atoms with Crippen LogP contribution in [0.15, 0.2) is 60.9 Å². The molecule has 0 radical (unpaired) electrons. The van der Waals surface area contributed by atoms with Crippen molar-refractivity contribution in [1.29, 1.82) is 0 Å². The highest BCUT2D eigenvalue weighted by Gasteiger charge is 2.03. The number of aryl methyl sites for hydroxylation is 1. The van der Waals surface area contributed by atoms with E-state index in [-0.39, 0.29) is 0 Å². The van der Waals surface area contributed by atoms with E-state index in [0.29, 0.717) is 17.4 Å². The van der Waals surface area contributed by atoms with Crippen molar-refractivity contribution in [2.24, 2.45) is 0 Å². The van der Waals surface area contributed by atoms with E-state index >= 15 is 0 Å². The quantitative estimate of drug-likeness (QED) is 0.708. The van der Waals surface area contributed by atoms with Crippen LogP contribution in [0.5, 0.6) is 0 Å². The summed E-state index contributed by atoms with van der Waals surface area (Å²) in [6.45, 7) is 2.80. The number of nitrogens with zero attached hydrogens (tertiary/aromatic N) is 2. The molecule has 23 heavy (non-hydrogen) atoms. The molecule has 116 valence electrons. The summed E-state index contributed by atoms with van der Waals surface area (Å²) >= 11 is 6.15. The Kier molecular flexibility index (Phi) is 4.74. The number of aromatic nitrogens is 2. The van der Waals surface area contributed by atoms with Crippen LogP contribution in [0.4, 0.5) is 17.3 Å². The number of benzene rings is 2. The fourth-order valence-electron chi connectivity index (χ4n) is 2.24. The van der Waals surface area contributed by atoms with E-state index in [0.717, 1.165) is 11.5 Å². The van der Waals surface area contributed by atoms with Crippen molar-refractivity contribution < 1.29 is 0 Å². The molecule has 1 aromatic heterocycles. The third-order valence-electron chi connectivity index (χ3n) is 3.36. The molecule has 0 amide bonds. The van der Waals surface area contributed by atoms with Crippen molar-refractivity contribution in [3.05, 3.63) is 77.1 Å². The monoisotopic (exact) mass is 324 g/mol. The molecule has 5 heteroatoms. The van der Waals surface area contributed by atoms with Gasteiger partial charge < -0.3 is 10.6 Å². The summed E-state index contributed by atoms with van der Waals surface area (Å²) in [4.78, 5) is 8.47. The Bertz CT molecular complexity index is 804. The van der Waals surface area contributed by atoms with Gasteiger partial charge in [-0.3, -0.25) is 0 Å². The molecule has 3 aromatic rings. The van der Waals surface area contributed by atoms with E-state index in [1.807, 2.05) is 30.3 Å². The summed E-state index contributed by atoms with van der Waals surface area (Å²) in [6, 6.07) is 17.8. The highest BCUT2D eigenvalue weighted by molar-refractivity contribution is 6.33. The van der Waals surface area contributed by atoms with Crippen molar-refractivity contribution in [2.45, 2.75) is 13.5 Å². The fraction of sp³-hybridized carbons (Fsp3) is 0.111. The molecular formula is C18H17ClN4. The Balaban J connectivity index is 1.69. The lowest BCUT2D eigenvalue weighted by molar-refractivity contribution is 1.08. The maximum Gasteiger partial charge on any atom is 0.135 e. The summed E-state index contributed by atoms with van der Waals surface area (Å²) in [5.74, 6) is 1.45. The summed E-state index contributed by atoms with van der Waals surface area (Å²) in [5.41, 5.74) is 3.27. The van der Waals surface area contributed by atoms with E-state index < -0.39 is 0 Å². The number of halogens is 1. The Hall–Kier alpha value is -2.59. The van der Waals surface area contributed by atoms with Crippen molar-refractivity contribution in [1.82, 2.24) is 9.97 Å². The van der Waals surface area contributed by atoms with Gasteiger partial charge in [-0.1, -0.05) is 53.6 Å². The molecule has 0 bridgehead atoms. The Morgan fingerprint density at radius 1 is 0.957 bits per heavy atom. The summed E-state index contributed by atoms with van der Waals surface area (Å²) in [5, 5.41) is 7.15. The van der Waals surface area contributed by atoms with Crippen LogP contribution in [-0.4, -0.2) is 9.97 Å². The summed E-state index contributed by atoms with van der Waals surface area (Å²) < 4.78 is 0. The maximum atomic E-state index is 6.15. The van der Waals surface area contributed by atoms with Gasteiger partial charge in [0, 0.05) is 12.6 Å². The number of nitrogens with one attached hydrogen (secondary N) is 2. The van der Waals surface area contributed by atoms with Gasteiger partial charge in [-0.05, 0) is 24.6 Å². The first-order chi connectivity index (χ1) is 11.2. The fourth-order valence-corrected chi connectivity index (χ4v) is 2.42. The SMILES string of the molecule is Cc1cccc(CNc2cc(Nc3ccccc3Cl)ncn2)c1. The highest BCUT2D eigenvalue weighted by Crippen LogP contribution is 2.24. The first-order valence-corrected chi connectivity index (χ1v) is 7.71. The van der Waals surface area contributed by atoms with Gasteiger partial charge in [-0.2, -0.15) is 0 Å². The van der Waals surface area contributed by atoms with E-state index in [1.54, 1.807) is 0 Å². The standard InChI is InChI=1S/C18H17ClN4/c1-13-5-4-6-14(9-13)11-20-17-10-18(22-12-21-17)23-16-8-3-2-7-15(16)19/h2-10,12H,11H2,1H3,(H2,20,21,22,23). The molecule has 0 aliphatic heterocycles. The second kappa shape index (κ2) is 7.11. The number of hydrogen-bond donors (Lipinski definition) is 2. The number of anilines is 3. The minimum Gasteiger partial charge on any atom is -0.366 e. The molecule has 0 aliphatic carbocycles. The normalized spacial score (nSPS) is 10.3. The lowest BCUT2D eigenvalue weighted by atomic mass is 10.1. The molecule has 0 atom stereocenters. The van der Waals surface area contributed by atoms with Crippen LogP contribution in [-0.2, 0) is 6.54 Å². The maximum absolute atomic E-state index is 6.15. The Labute approximate surface area is 140 Å². The molecule has 3 rings (SSSR count). The summed E-state index contributed by atoms with van der Waals surface area (Å²) in [7, 11) is 0. The second-order valence-electron chi connectivity index (χ2n) is 5.24. The van der Waals surface area contributed by atoms with Crippen molar-refractivity contribution >= 4 is 28.9 Å². The first kappa shape index (κ1) is 15.3. The lowest BCUT2D eigenvalue weighted by Crippen LogP contribution is -2.03. The Morgan fingerprint density at radius 3 is 2.61 bits per heavy atom. The van der Waals surface area contributed by atoms with Crippen LogP contribution >= 0.6 is 11.6 Å². The van der Waals surface area contributed by atoms with Crippen molar-refractivity contribution in [2.75, 3.05) is 10.6 Å². The van der Waals surface area contributed by atoms with E-state index in [4.69, 9.17) is 11.6 Å². The number of para-hydroxylation sites is 1. The molecule has 0 saturated heterocycles. The van der Waals surface area contributed by atoms with E-state index in [9.17, 15) is 0 Å². The average Bonchev–Trinajstić information content (AvgIpc) is 2.56. The van der Waals surface area contributed by atoms with Gasteiger partial charge in [-0.25, -0.2) is 9.97 Å². The molecule has 0 unspecified atom stereocenters. The Morgan fingerprint density at radius 2 is 1.78 bits per heavy atom. The smallest absolute Gasteiger partial charge is 0.135 e. The van der Waals surface area contributed by atoms with Gasteiger partial charge in [0.15, 0.2) is 0 Å². The average molecular weight is 325 g/mol. The summed E-state index contributed by atoms with van der Waals surface area (Å²) in [6.07, 6.45) is 1.53. The predicted molar refractivity (Wildman–Crippen MR) is 95.3 cm³/mol. The molecule has 2 aromatic carbocycles. The highest BCUT2D eigenvalue weighted by atomic mass is 35.5. The largest absolute Gasteiger partial charge is 0.366 e. The number of hydrogen-bond acceptors (Lipinski definition) is 4. The van der Waals surface area contributed by atoms with E-state index in [1.165, 1.54) is 17.5 Å². The predicted octanol–water partition coefficient (Wildman–Crippen LogP) is 4.79. The third-order valence-corrected chi connectivity index (χ3v) is 3.69. The van der Waals surface area contributed by atoms with Crippen LogP contribution in [0.2, 0.25) is 5.02 Å². The lowest BCUT2D eigenvalue weighted by Gasteiger charge is -2.10. The van der Waals surface area contributed by atoms with Crippen LogP contribution in [0.25, 0.3) is 0 Å². The van der Waals surface area contributed by atoms with Crippen LogP contribution in [0.3, 0.4) is 0 Å². The first-order valence-electron chi connectivity index (χ1n) is 7.34. The zero-order chi connectivity index (χ0) is 16.1. The van der Waals surface area contributed by atoms with E-state index in [2.05, 4.69) is 51.8 Å². The molecule has 0 saturated carbocycles. The van der Waals surface area contributed by atoms with Gasteiger partial charge in [0.05, 0.1) is 10.7 Å². The van der Waals surface area contributed by atoms with Crippen LogP contribution in [0.1, 0.15) is 11.1 Å². The minimum atomic E-state index is 0.653. The second-order valence-corrected chi connectivity index (χ2v) is 5.64. The molecule has 4 nitrogen and oxygen atoms in total. The van der Waals surface area contributed by atoms with Gasteiger partial charge in [0.2, 0.25) is 0 Å². The molecule has 1 heterocycles. The minimum absolute atomic E-state index is 0.653. The van der Waals surface area contributed by atoms with Gasteiger partial charge in [0.25, 0.3) is 0 Å². The van der Waals surface area contributed by atoms with Crippen molar-refractivity contribution in [3.63, 3.8) is 0 Å². The third kappa shape index (κ3) is 4.20. The zero-order valence-electron chi connectivity index (χ0n) is 12.8. The van der Waals surface area contributed by atoms with Crippen molar-refractivity contribution in [3.8, 4) is 0 Å². The van der Waals surface area contributed by atoms with Gasteiger partial charge >= 0.3 is 0 Å². The molecule has 0 aliphatic rings. The molecule has 2 N–H and O–H groups in total. The topological polar surface area (TPSA) is 49.8 Å². The molecule has 0 fully saturated rings. The number of rotatable bonds is 5. The van der Waals surface area contributed by atoms with Crippen LogP contribution < -0.4 is 10.6 Å². The van der Waals surface area contributed by atoms with Gasteiger partial charge in [-0.15, -0.1) is 0 Å².